The molecule has 28 heavy (non-hydrogen) atoms. The number of aliphatic imine (C=N–C) groups is 2. The van der Waals surface area contributed by atoms with Crippen LogP contribution in [0.1, 0.15) is 51.4 Å². The number of aliphatic hydroxyl groups excluding tert-OH is 1. The van der Waals surface area contributed by atoms with Crippen molar-refractivity contribution >= 4 is 29.2 Å². The molecule has 1 atom stereocenters. The smallest absolute Gasteiger partial charge is 0.263 e. The zero-order valence-electron chi connectivity index (χ0n) is 16.0. The number of hydrogen-bond acceptors (Lipinski definition) is 5. The van der Waals surface area contributed by atoms with E-state index in [1.807, 2.05) is 0 Å². The zero-order valence-corrected chi connectivity index (χ0v) is 16.8. The van der Waals surface area contributed by atoms with Crippen molar-refractivity contribution in [3.05, 3.63) is 23.7 Å². The molecule has 2 saturated carbocycles. The molecule has 0 aromatic carbocycles. The summed E-state index contributed by atoms with van der Waals surface area (Å²) in [6.45, 7) is 0.589. The molecule has 0 aromatic heterocycles. The van der Waals surface area contributed by atoms with Crippen LogP contribution in [0.5, 0.6) is 0 Å². The molecule has 1 amide bonds. The third kappa shape index (κ3) is 4.74. The summed E-state index contributed by atoms with van der Waals surface area (Å²) in [7, 11) is 0. The van der Waals surface area contributed by atoms with Crippen molar-refractivity contribution in [3.8, 4) is 0 Å². The summed E-state index contributed by atoms with van der Waals surface area (Å²) in [5.74, 6) is -0.0788. The van der Waals surface area contributed by atoms with Gasteiger partial charge in [0.1, 0.15) is 23.3 Å². The summed E-state index contributed by atoms with van der Waals surface area (Å²) in [6.07, 6.45) is 11.2. The summed E-state index contributed by atoms with van der Waals surface area (Å²) < 4.78 is 20.3. The quantitative estimate of drug-likeness (QED) is 0.724. The van der Waals surface area contributed by atoms with Gasteiger partial charge < -0.3 is 9.84 Å². The van der Waals surface area contributed by atoms with E-state index in [1.54, 1.807) is 17.8 Å². The molecule has 0 saturated heterocycles. The molecule has 0 bridgehead atoms. The van der Waals surface area contributed by atoms with Gasteiger partial charge in [0.05, 0.1) is 24.2 Å². The van der Waals surface area contributed by atoms with Gasteiger partial charge in [-0.05, 0) is 44.4 Å². The number of rotatable bonds is 6. The maximum absolute atomic E-state index is 14.5. The average Bonchev–Trinajstić information content (AvgIpc) is 3.19. The molecular weight excluding hydrogens is 379 g/mol. The van der Waals surface area contributed by atoms with Gasteiger partial charge in [0.2, 0.25) is 0 Å². The second-order valence-corrected chi connectivity index (χ2v) is 9.40. The number of thioether (sulfide) groups is 1. The maximum atomic E-state index is 14.5. The number of carbonyl (C=O) groups excluding carboxylic acids is 1. The van der Waals surface area contributed by atoms with E-state index < -0.39 is 17.7 Å². The van der Waals surface area contributed by atoms with Gasteiger partial charge >= 0.3 is 0 Å². The summed E-state index contributed by atoms with van der Waals surface area (Å²) in [6, 6.07) is 0. The molecule has 1 heterocycles. The summed E-state index contributed by atoms with van der Waals surface area (Å²) in [5, 5.41) is 10.1. The zero-order chi connectivity index (χ0) is 19.5. The van der Waals surface area contributed by atoms with Crippen LogP contribution in [-0.4, -0.2) is 46.3 Å². The Morgan fingerprint density at radius 2 is 1.86 bits per heavy atom. The molecule has 2 fully saturated rings. The fraction of sp³-hybridized carbons (Fsp3) is 0.667. The number of hydrogen-bond donors (Lipinski definition) is 1. The summed E-state index contributed by atoms with van der Waals surface area (Å²) in [4.78, 5) is 20.8. The molecule has 4 aliphatic rings. The molecule has 1 N–H and O–H groups in total. The van der Waals surface area contributed by atoms with Gasteiger partial charge in [-0.1, -0.05) is 12.8 Å². The third-order valence-electron chi connectivity index (χ3n) is 5.94. The van der Waals surface area contributed by atoms with Gasteiger partial charge in [0.15, 0.2) is 0 Å². The minimum atomic E-state index is -1.02. The number of amidine groups is 1. The van der Waals surface area contributed by atoms with Crippen LogP contribution in [0.4, 0.5) is 4.39 Å². The summed E-state index contributed by atoms with van der Waals surface area (Å²) in [5.41, 5.74) is 0.399. The maximum Gasteiger partial charge on any atom is 0.263 e. The number of ether oxygens (including phenoxy) is 1. The molecule has 5 nitrogen and oxygen atoms in total. The van der Waals surface area contributed by atoms with Crippen LogP contribution in [0.15, 0.2) is 33.7 Å². The molecule has 0 radical (unpaired) electrons. The second-order valence-electron chi connectivity index (χ2n) is 8.11. The van der Waals surface area contributed by atoms with Crippen LogP contribution < -0.4 is 0 Å². The van der Waals surface area contributed by atoms with Crippen LogP contribution in [0.2, 0.25) is 0 Å². The number of allylic oxidation sites excluding steroid dienone is 2. The predicted octanol–water partition coefficient (Wildman–Crippen LogP) is 3.98. The first-order valence-electron chi connectivity index (χ1n) is 10.3. The number of carbonyl (C=O) groups is 1. The highest BCUT2D eigenvalue weighted by atomic mass is 32.2. The van der Waals surface area contributed by atoms with E-state index in [4.69, 9.17) is 4.74 Å². The Hall–Kier alpha value is -1.47. The predicted molar refractivity (Wildman–Crippen MR) is 109 cm³/mol. The van der Waals surface area contributed by atoms with Crippen molar-refractivity contribution in [2.24, 2.45) is 21.8 Å². The van der Waals surface area contributed by atoms with Gasteiger partial charge in [-0.15, -0.1) is 0 Å². The standard InChI is InChI=1S/C21H27FN2O3S/c22-17-9-15(27-11-13-3-1-2-4-13)10-18-20(17)21(26)24-19(23-18)12-28-16-7-5-14(25)6-8-16/h9-10,13-14,16,20,25H,1-8,11-12H2. The highest BCUT2D eigenvalue weighted by Gasteiger charge is 2.35. The van der Waals surface area contributed by atoms with Crippen LogP contribution >= 0.6 is 11.8 Å². The first kappa shape index (κ1) is 19.8. The molecule has 3 aliphatic carbocycles. The largest absolute Gasteiger partial charge is 0.493 e. The first-order valence-corrected chi connectivity index (χ1v) is 11.3. The average molecular weight is 407 g/mol. The fourth-order valence-corrected chi connectivity index (χ4v) is 5.40. The van der Waals surface area contributed by atoms with Gasteiger partial charge in [-0.3, -0.25) is 4.79 Å². The van der Waals surface area contributed by atoms with Gasteiger partial charge in [0.25, 0.3) is 5.91 Å². The van der Waals surface area contributed by atoms with Crippen LogP contribution in [-0.2, 0) is 9.53 Å². The molecule has 7 heteroatoms. The van der Waals surface area contributed by atoms with E-state index in [2.05, 4.69) is 9.98 Å². The Balaban J connectivity index is 1.39. The first-order chi connectivity index (χ1) is 13.6. The van der Waals surface area contributed by atoms with E-state index in [0.717, 1.165) is 38.5 Å². The van der Waals surface area contributed by atoms with Crippen LogP contribution in [0, 0.1) is 11.8 Å². The van der Waals surface area contributed by atoms with Crippen molar-refractivity contribution in [1.29, 1.82) is 0 Å². The second kappa shape index (κ2) is 8.91. The van der Waals surface area contributed by atoms with E-state index in [1.165, 1.54) is 18.9 Å². The fourth-order valence-electron chi connectivity index (χ4n) is 4.28. The van der Waals surface area contributed by atoms with E-state index in [-0.39, 0.29) is 6.10 Å². The molecule has 0 spiro atoms. The minimum absolute atomic E-state index is 0.184. The topological polar surface area (TPSA) is 71.2 Å². The molecule has 0 aromatic rings. The minimum Gasteiger partial charge on any atom is -0.493 e. The highest BCUT2D eigenvalue weighted by molar-refractivity contribution is 8.00. The number of fused-ring (bicyclic) bond motifs is 1. The lowest BCUT2D eigenvalue weighted by atomic mass is 9.94. The Morgan fingerprint density at radius 1 is 1.11 bits per heavy atom. The van der Waals surface area contributed by atoms with E-state index in [9.17, 15) is 14.3 Å². The monoisotopic (exact) mass is 406 g/mol. The van der Waals surface area contributed by atoms with Gasteiger partial charge in [-0.25, -0.2) is 9.38 Å². The Kier molecular flexibility index (Phi) is 6.31. The van der Waals surface area contributed by atoms with Crippen LogP contribution in [0.3, 0.4) is 0 Å². The molecule has 1 unspecified atom stereocenters. The number of aliphatic hydroxyl groups is 1. The normalized spacial score (nSPS) is 30.9. The van der Waals surface area contributed by atoms with Crippen LogP contribution in [0.25, 0.3) is 0 Å². The molecule has 4 rings (SSSR count). The van der Waals surface area contributed by atoms with Crippen molar-refractivity contribution in [3.63, 3.8) is 0 Å². The van der Waals surface area contributed by atoms with E-state index >= 15 is 0 Å². The van der Waals surface area contributed by atoms with Gasteiger partial charge in [-0.2, -0.15) is 16.8 Å². The lowest BCUT2D eigenvalue weighted by Gasteiger charge is -2.25. The van der Waals surface area contributed by atoms with Gasteiger partial charge in [0, 0.05) is 17.4 Å². The van der Waals surface area contributed by atoms with Crippen molar-refractivity contribution in [1.82, 2.24) is 0 Å². The molecular formula is C21H27FN2O3S. The SMILES string of the molecule is O=C1N=C(CSC2CCC(O)CC2)N=C2C=C(OCC3CCCC3)C=C(F)C12. The Labute approximate surface area is 169 Å². The highest BCUT2D eigenvalue weighted by Crippen LogP contribution is 2.32. The van der Waals surface area contributed by atoms with Crippen molar-refractivity contribution in [2.75, 3.05) is 12.4 Å². The van der Waals surface area contributed by atoms with E-state index in [0.29, 0.717) is 40.8 Å². The lowest BCUT2D eigenvalue weighted by Crippen LogP contribution is -2.31. The third-order valence-corrected chi connectivity index (χ3v) is 7.31. The Morgan fingerprint density at radius 3 is 2.61 bits per heavy atom. The number of amides is 1. The van der Waals surface area contributed by atoms with Crippen molar-refractivity contribution in [2.45, 2.75) is 62.7 Å². The number of nitrogens with zero attached hydrogens (tertiary/aromatic N) is 2. The molecule has 152 valence electrons. The lowest BCUT2D eigenvalue weighted by molar-refractivity contribution is -0.119. The Bertz CT molecular complexity index is 732. The molecule has 1 aliphatic heterocycles. The summed E-state index contributed by atoms with van der Waals surface area (Å²) >= 11 is 1.71. The van der Waals surface area contributed by atoms with Crippen molar-refractivity contribution < 1.29 is 19.0 Å². The number of halogens is 1.